The third-order valence-electron chi connectivity index (χ3n) is 1.54. The van der Waals surface area contributed by atoms with E-state index in [0.717, 1.165) is 16.9 Å². The zero-order valence-corrected chi connectivity index (χ0v) is 6.33. The second kappa shape index (κ2) is 2.02. The Morgan fingerprint density at radius 1 is 1.27 bits per heavy atom. The topological polar surface area (TPSA) is 51.8 Å². The van der Waals surface area contributed by atoms with Gasteiger partial charge in [0.1, 0.15) is 12.1 Å². The van der Waals surface area contributed by atoms with E-state index in [4.69, 9.17) is 4.52 Å². The van der Waals surface area contributed by atoms with Crippen molar-refractivity contribution in [1.29, 1.82) is 0 Å². The summed E-state index contributed by atoms with van der Waals surface area (Å²) in [6, 6.07) is 0. The summed E-state index contributed by atoms with van der Waals surface area (Å²) >= 11 is 0. The molecule has 0 spiro atoms. The van der Waals surface area contributed by atoms with Crippen LogP contribution in [0.15, 0.2) is 10.8 Å². The molecule has 0 aliphatic carbocycles. The fraction of sp³-hybridized carbons (Fsp3) is 0.286. The van der Waals surface area contributed by atoms with E-state index in [1.54, 1.807) is 6.26 Å². The molecule has 2 aromatic heterocycles. The van der Waals surface area contributed by atoms with Crippen LogP contribution in [0.3, 0.4) is 0 Å². The van der Waals surface area contributed by atoms with E-state index in [0.29, 0.717) is 5.65 Å². The number of aryl methyl sites for hydroxylation is 2. The van der Waals surface area contributed by atoms with Crippen molar-refractivity contribution in [2.45, 2.75) is 13.8 Å². The molecule has 0 N–H and O–H groups in total. The van der Waals surface area contributed by atoms with E-state index in [1.165, 1.54) is 0 Å². The highest BCUT2D eigenvalue weighted by Gasteiger charge is 2.03. The number of rotatable bonds is 0. The molecule has 56 valence electrons. The summed E-state index contributed by atoms with van der Waals surface area (Å²) in [5.74, 6) is 0.726. The second-order valence-corrected chi connectivity index (χ2v) is 2.41. The zero-order valence-electron chi connectivity index (χ0n) is 6.33. The Bertz CT molecular complexity index is 393. The fourth-order valence-corrected chi connectivity index (χ4v) is 1.04. The molecule has 0 saturated heterocycles. The van der Waals surface area contributed by atoms with Crippen molar-refractivity contribution in [2.75, 3.05) is 0 Å². The van der Waals surface area contributed by atoms with E-state index in [9.17, 15) is 0 Å². The van der Waals surface area contributed by atoms with Gasteiger partial charge in [0.15, 0.2) is 0 Å². The van der Waals surface area contributed by atoms with Gasteiger partial charge in [-0.05, 0) is 13.8 Å². The molecule has 2 rings (SSSR count). The molecule has 0 saturated carbocycles. The van der Waals surface area contributed by atoms with Crippen LogP contribution in [0.5, 0.6) is 0 Å². The largest absolute Gasteiger partial charge is 0.362 e. The molecule has 11 heavy (non-hydrogen) atoms. The smallest absolute Gasteiger partial charge is 0.206 e. The summed E-state index contributed by atoms with van der Waals surface area (Å²) in [6.07, 6.45) is 1.56. The lowest BCUT2D eigenvalue weighted by Gasteiger charge is -1.92. The molecular weight excluding hydrogens is 142 g/mol. The maximum atomic E-state index is 4.75. The lowest BCUT2D eigenvalue weighted by atomic mass is 10.3. The van der Waals surface area contributed by atoms with Gasteiger partial charge in [0.05, 0.1) is 11.1 Å². The average Bonchev–Trinajstić information content (AvgIpc) is 2.34. The zero-order chi connectivity index (χ0) is 7.84. The first-order valence-corrected chi connectivity index (χ1v) is 3.32. The molecule has 0 unspecified atom stereocenters. The maximum Gasteiger partial charge on any atom is 0.206 e. The van der Waals surface area contributed by atoms with Gasteiger partial charge in [-0.3, -0.25) is 0 Å². The Morgan fingerprint density at radius 3 is 2.91 bits per heavy atom. The molecule has 0 fully saturated rings. The predicted octanol–water partition coefficient (Wildman–Crippen LogP) is 1.23. The number of aromatic nitrogens is 3. The summed E-state index contributed by atoms with van der Waals surface area (Å²) < 4.78 is 4.75. The monoisotopic (exact) mass is 149 g/mol. The van der Waals surface area contributed by atoms with Gasteiger partial charge in [-0.25, -0.2) is 9.97 Å². The van der Waals surface area contributed by atoms with Crippen LogP contribution in [0.4, 0.5) is 0 Å². The molecular formula is C7H7N3O. The number of hydrogen-bond donors (Lipinski definition) is 0. The quantitative estimate of drug-likeness (QED) is 0.565. The minimum Gasteiger partial charge on any atom is -0.362 e. The van der Waals surface area contributed by atoms with Gasteiger partial charge in [-0.2, -0.15) is 0 Å². The Labute approximate surface area is 63.2 Å². The molecule has 0 atom stereocenters. The van der Waals surface area contributed by atoms with Crippen molar-refractivity contribution in [2.24, 2.45) is 0 Å². The van der Waals surface area contributed by atoms with Crippen LogP contribution in [0.1, 0.15) is 11.5 Å². The van der Waals surface area contributed by atoms with Crippen LogP contribution in [0.25, 0.3) is 11.0 Å². The first kappa shape index (κ1) is 6.27. The van der Waals surface area contributed by atoms with E-state index in [1.807, 2.05) is 13.8 Å². The van der Waals surface area contributed by atoms with Gasteiger partial charge < -0.3 is 4.52 Å². The van der Waals surface area contributed by atoms with E-state index in [-0.39, 0.29) is 0 Å². The van der Waals surface area contributed by atoms with Crippen molar-refractivity contribution in [1.82, 2.24) is 15.1 Å². The maximum absolute atomic E-state index is 4.75. The van der Waals surface area contributed by atoms with Crippen molar-refractivity contribution >= 4 is 11.0 Å². The third kappa shape index (κ3) is 0.869. The summed E-state index contributed by atoms with van der Waals surface area (Å²) in [7, 11) is 0. The standard InChI is InChI=1S/C7H7N3O/c1-4-6-3-11-10-7(6)9-5(2)8-4/h3H,1-2H3. The Balaban J connectivity index is 2.91. The van der Waals surface area contributed by atoms with E-state index >= 15 is 0 Å². The van der Waals surface area contributed by atoms with Gasteiger partial charge >= 0.3 is 0 Å². The normalized spacial score (nSPS) is 10.7. The van der Waals surface area contributed by atoms with Crippen LogP contribution in [-0.4, -0.2) is 15.1 Å². The molecule has 0 amide bonds. The highest BCUT2D eigenvalue weighted by atomic mass is 16.5. The van der Waals surface area contributed by atoms with Gasteiger partial charge in [-0.1, -0.05) is 5.16 Å². The third-order valence-corrected chi connectivity index (χ3v) is 1.54. The SMILES string of the molecule is Cc1nc(C)c2conc2n1. The Kier molecular flexibility index (Phi) is 1.15. The van der Waals surface area contributed by atoms with Gasteiger partial charge in [0.25, 0.3) is 0 Å². The van der Waals surface area contributed by atoms with E-state index in [2.05, 4.69) is 15.1 Å². The molecule has 0 aromatic carbocycles. The van der Waals surface area contributed by atoms with Crippen molar-refractivity contribution in [3.8, 4) is 0 Å². The molecule has 0 radical (unpaired) electrons. The fourth-order valence-electron chi connectivity index (χ4n) is 1.04. The average molecular weight is 149 g/mol. The summed E-state index contributed by atoms with van der Waals surface area (Å²) in [5, 5.41) is 4.60. The second-order valence-electron chi connectivity index (χ2n) is 2.41. The van der Waals surface area contributed by atoms with Crippen molar-refractivity contribution < 1.29 is 4.52 Å². The molecule has 2 aromatic rings. The highest BCUT2D eigenvalue weighted by molar-refractivity contribution is 5.75. The minimum absolute atomic E-state index is 0.634. The van der Waals surface area contributed by atoms with Crippen LogP contribution >= 0.6 is 0 Å². The number of nitrogens with zero attached hydrogens (tertiary/aromatic N) is 3. The molecule has 0 aliphatic heterocycles. The van der Waals surface area contributed by atoms with Crippen LogP contribution in [0.2, 0.25) is 0 Å². The Hall–Kier alpha value is -1.45. The molecule has 4 heteroatoms. The van der Waals surface area contributed by atoms with Crippen molar-refractivity contribution in [3.05, 3.63) is 17.8 Å². The van der Waals surface area contributed by atoms with Gasteiger partial charge in [0, 0.05) is 0 Å². The summed E-state index contributed by atoms with van der Waals surface area (Å²) in [6.45, 7) is 3.75. The summed E-state index contributed by atoms with van der Waals surface area (Å²) in [5.41, 5.74) is 1.55. The highest BCUT2D eigenvalue weighted by Crippen LogP contribution is 2.12. The van der Waals surface area contributed by atoms with Gasteiger partial charge in [-0.15, -0.1) is 0 Å². The van der Waals surface area contributed by atoms with Gasteiger partial charge in [0.2, 0.25) is 5.65 Å². The van der Waals surface area contributed by atoms with Crippen LogP contribution in [0, 0.1) is 13.8 Å². The number of fused-ring (bicyclic) bond motifs is 1. The predicted molar refractivity (Wildman–Crippen MR) is 39.1 cm³/mol. The minimum atomic E-state index is 0.634. The molecule has 2 heterocycles. The molecule has 0 aliphatic rings. The molecule has 4 nitrogen and oxygen atoms in total. The summed E-state index contributed by atoms with van der Waals surface area (Å²) in [4.78, 5) is 8.24. The Morgan fingerprint density at radius 2 is 2.09 bits per heavy atom. The molecule has 0 bridgehead atoms. The lowest BCUT2D eigenvalue weighted by Crippen LogP contribution is -1.90. The van der Waals surface area contributed by atoms with Crippen LogP contribution in [-0.2, 0) is 0 Å². The van der Waals surface area contributed by atoms with E-state index < -0.39 is 0 Å². The first-order valence-electron chi connectivity index (χ1n) is 3.32. The lowest BCUT2D eigenvalue weighted by molar-refractivity contribution is 0.426. The number of hydrogen-bond acceptors (Lipinski definition) is 4. The first-order chi connectivity index (χ1) is 5.27. The van der Waals surface area contributed by atoms with Crippen molar-refractivity contribution in [3.63, 3.8) is 0 Å². The van der Waals surface area contributed by atoms with Crippen LogP contribution < -0.4 is 0 Å².